The minimum atomic E-state index is -0.739. The van der Waals surface area contributed by atoms with E-state index in [4.69, 9.17) is 4.74 Å². The number of ether oxygens (including phenoxy) is 1. The van der Waals surface area contributed by atoms with Crippen molar-refractivity contribution in [2.24, 2.45) is 0 Å². The highest BCUT2D eigenvalue weighted by Crippen LogP contribution is 2.26. The van der Waals surface area contributed by atoms with E-state index in [-0.39, 0.29) is 5.78 Å². The molecule has 1 unspecified atom stereocenters. The van der Waals surface area contributed by atoms with Crippen LogP contribution in [0.5, 0.6) is 5.75 Å². The van der Waals surface area contributed by atoms with Gasteiger partial charge in [0.15, 0.2) is 5.78 Å². The largest absolute Gasteiger partial charge is 0.494 e. The van der Waals surface area contributed by atoms with E-state index < -0.39 is 5.92 Å². The summed E-state index contributed by atoms with van der Waals surface area (Å²) in [6.07, 6.45) is 0.911. The van der Waals surface area contributed by atoms with Crippen molar-refractivity contribution >= 4 is 17.1 Å². The Morgan fingerprint density at radius 1 is 1.40 bits per heavy atom. The zero-order valence-corrected chi connectivity index (χ0v) is 12.0. The summed E-state index contributed by atoms with van der Waals surface area (Å²) < 4.78 is 5.52. The SMILES string of the molecule is CCCOc1cccc(C(=O)C(C#N)c2cccs2)c1. The number of thiophene rings is 1. The van der Waals surface area contributed by atoms with E-state index in [9.17, 15) is 10.1 Å². The number of nitrogens with zero attached hydrogens (tertiary/aromatic N) is 1. The zero-order valence-electron chi connectivity index (χ0n) is 11.2. The number of Topliss-reactive ketones (excluding diaryl/α,β-unsaturated/α-hetero) is 1. The molecule has 0 saturated carbocycles. The van der Waals surface area contributed by atoms with Gasteiger partial charge in [0.1, 0.15) is 11.7 Å². The predicted molar refractivity (Wildman–Crippen MR) is 79.2 cm³/mol. The van der Waals surface area contributed by atoms with Crippen molar-refractivity contribution in [1.29, 1.82) is 5.26 Å². The van der Waals surface area contributed by atoms with Crippen LogP contribution in [0.1, 0.15) is 34.5 Å². The third-order valence-corrected chi connectivity index (χ3v) is 3.75. The summed E-state index contributed by atoms with van der Waals surface area (Å²) in [6, 6.07) is 12.8. The summed E-state index contributed by atoms with van der Waals surface area (Å²) in [4.78, 5) is 13.2. The van der Waals surface area contributed by atoms with Crippen LogP contribution in [0.15, 0.2) is 41.8 Å². The Morgan fingerprint density at radius 2 is 2.25 bits per heavy atom. The van der Waals surface area contributed by atoms with Crippen LogP contribution in [0.3, 0.4) is 0 Å². The second-order valence-corrected chi connectivity index (χ2v) is 5.30. The molecule has 20 heavy (non-hydrogen) atoms. The highest BCUT2D eigenvalue weighted by molar-refractivity contribution is 7.10. The van der Waals surface area contributed by atoms with E-state index in [1.165, 1.54) is 11.3 Å². The molecular weight excluding hydrogens is 270 g/mol. The van der Waals surface area contributed by atoms with Gasteiger partial charge in [0, 0.05) is 10.4 Å². The molecule has 1 aromatic carbocycles. The molecule has 0 fully saturated rings. The maximum atomic E-state index is 12.4. The molecule has 1 aromatic heterocycles. The maximum absolute atomic E-state index is 12.4. The predicted octanol–water partition coefficient (Wildman–Crippen LogP) is 4.03. The Kier molecular flexibility index (Phi) is 4.91. The molecule has 102 valence electrons. The van der Waals surface area contributed by atoms with Gasteiger partial charge in [-0.1, -0.05) is 25.1 Å². The highest BCUT2D eigenvalue weighted by Gasteiger charge is 2.22. The van der Waals surface area contributed by atoms with E-state index >= 15 is 0 Å². The molecule has 0 radical (unpaired) electrons. The van der Waals surface area contributed by atoms with Crippen LogP contribution in [0.25, 0.3) is 0 Å². The Morgan fingerprint density at radius 3 is 2.90 bits per heavy atom. The van der Waals surface area contributed by atoms with Crippen LogP contribution in [-0.4, -0.2) is 12.4 Å². The molecule has 0 spiro atoms. The lowest BCUT2D eigenvalue weighted by Crippen LogP contribution is -2.10. The number of benzene rings is 1. The normalized spacial score (nSPS) is 11.6. The fourth-order valence-corrected chi connectivity index (χ4v) is 2.60. The first-order valence-corrected chi connectivity index (χ1v) is 7.34. The fourth-order valence-electron chi connectivity index (χ4n) is 1.83. The van der Waals surface area contributed by atoms with E-state index in [0.717, 1.165) is 11.3 Å². The van der Waals surface area contributed by atoms with Gasteiger partial charge < -0.3 is 4.74 Å². The zero-order chi connectivity index (χ0) is 14.4. The number of nitriles is 1. The monoisotopic (exact) mass is 285 g/mol. The lowest BCUT2D eigenvalue weighted by Gasteiger charge is -2.09. The van der Waals surface area contributed by atoms with Crippen LogP contribution in [0.2, 0.25) is 0 Å². The van der Waals surface area contributed by atoms with Crippen molar-refractivity contribution in [2.45, 2.75) is 19.3 Å². The van der Waals surface area contributed by atoms with Crippen molar-refractivity contribution in [1.82, 2.24) is 0 Å². The minimum Gasteiger partial charge on any atom is -0.494 e. The number of hydrogen-bond donors (Lipinski definition) is 0. The Hall–Kier alpha value is -2.12. The Labute approximate surface area is 122 Å². The van der Waals surface area contributed by atoms with Gasteiger partial charge in [-0.25, -0.2) is 0 Å². The summed E-state index contributed by atoms with van der Waals surface area (Å²) in [6.45, 7) is 2.64. The van der Waals surface area contributed by atoms with Crippen LogP contribution >= 0.6 is 11.3 Å². The second-order valence-electron chi connectivity index (χ2n) is 4.32. The third kappa shape index (κ3) is 3.25. The van der Waals surface area contributed by atoms with Gasteiger partial charge in [-0.05, 0) is 30.0 Å². The van der Waals surface area contributed by atoms with Crippen LogP contribution in [0.4, 0.5) is 0 Å². The van der Waals surface area contributed by atoms with Crippen LogP contribution in [0, 0.1) is 11.3 Å². The Balaban J connectivity index is 2.22. The minimum absolute atomic E-state index is 0.183. The van der Waals surface area contributed by atoms with Gasteiger partial charge in [0.25, 0.3) is 0 Å². The molecule has 0 saturated heterocycles. The topological polar surface area (TPSA) is 50.1 Å². The van der Waals surface area contributed by atoms with Crippen molar-refractivity contribution < 1.29 is 9.53 Å². The molecule has 0 amide bonds. The summed E-state index contributed by atoms with van der Waals surface area (Å²) in [7, 11) is 0. The molecule has 3 nitrogen and oxygen atoms in total. The molecule has 0 aliphatic carbocycles. The first-order valence-electron chi connectivity index (χ1n) is 6.46. The lowest BCUT2D eigenvalue weighted by atomic mass is 9.97. The summed E-state index contributed by atoms with van der Waals surface area (Å²) in [5.41, 5.74) is 0.513. The van der Waals surface area contributed by atoms with Gasteiger partial charge in [-0.3, -0.25) is 4.79 Å². The second kappa shape index (κ2) is 6.88. The fraction of sp³-hybridized carbons (Fsp3) is 0.250. The summed E-state index contributed by atoms with van der Waals surface area (Å²) in [5, 5.41) is 11.1. The number of hydrogen-bond acceptors (Lipinski definition) is 4. The van der Waals surface area contributed by atoms with E-state index in [0.29, 0.717) is 17.9 Å². The number of rotatable bonds is 6. The molecule has 1 heterocycles. The van der Waals surface area contributed by atoms with Crippen molar-refractivity contribution in [2.75, 3.05) is 6.61 Å². The van der Waals surface area contributed by atoms with Gasteiger partial charge in [-0.15, -0.1) is 11.3 Å². The van der Waals surface area contributed by atoms with Gasteiger partial charge in [0.05, 0.1) is 12.7 Å². The van der Waals surface area contributed by atoms with Crippen molar-refractivity contribution in [3.8, 4) is 11.8 Å². The first kappa shape index (κ1) is 14.3. The van der Waals surface area contributed by atoms with Crippen LogP contribution in [-0.2, 0) is 0 Å². The molecular formula is C16H15NO2S. The van der Waals surface area contributed by atoms with Gasteiger partial charge in [0.2, 0.25) is 0 Å². The van der Waals surface area contributed by atoms with Crippen molar-refractivity contribution in [3.63, 3.8) is 0 Å². The maximum Gasteiger partial charge on any atom is 0.185 e. The van der Waals surface area contributed by atoms with E-state index in [2.05, 4.69) is 6.07 Å². The highest BCUT2D eigenvalue weighted by atomic mass is 32.1. The summed E-state index contributed by atoms with van der Waals surface area (Å²) in [5.74, 6) is -0.256. The quantitative estimate of drug-likeness (QED) is 0.753. The molecule has 2 rings (SSSR count). The molecule has 1 atom stereocenters. The van der Waals surface area contributed by atoms with E-state index in [1.807, 2.05) is 30.5 Å². The van der Waals surface area contributed by atoms with Gasteiger partial charge in [-0.2, -0.15) is 5.26 Å². The van der Waals surface area contributed by atoms with Crippen LogP contribution < -0.4 is 4.74 Å². The van der Waals surface area contributed by atoms with Crippen molar-refractivity contribution in [3.05, 3.63) is 52.2 Å². The molecule has 0 aliphatic rings. The Bertz CT molecular complexity index is 614. The summed E-state index contributed by atoms with van der Waals surface area (Å²) >= 11 is 1.42. The number of ketones is 1. The third-order valence-electron chi connectivity index (χ3n) is 2.81. The molecule has 2 aromatic rings. The average molecular weight is 285 g/mol. The number of carbonyl (C=O) groups is 1. The first-order chi connectivity index (χ1) is 9.76. The molecule has 0 aliphatic heterocycles. The molecule has 0 N–H and O–H groups in total. The standard InChI is InChI=1S/C16H15NO2S/c1-2-8-19-13-6-3-5-12(10-13)16(18)14(11-17)15-7-4-9-20-15/h3-7,9-10,14H,2,8H2,1H3. The molecule has 4 heteroatoms. The van der Waals surface area contributed by atoms with E-state index in [1.54, 1.807) is 18.2 Å². The number of carbonyl (C=O) groups excluding carboxylic acids is 1. The molecule has 0 bridgehead atoms. The lowest BCUT2D eigenvalue weighted by molar-refractivity contribution is 0.0979. The smallest absolute Gasteiger partial charge is 0.185 e. The average Bonchev–Trinajstić information content (AvgIpc) is 3.00. The van der Waals surface area contributed by atoms with Gasteiger partial charge >= 0.3 is 0 Å².